The summed E-state index contributed by atoms with van der Waals surface area (Å²) in [6.45, 7) is 3.10. The highest BCUT2D eigenvalue weighted by Gasteiger charge is 2.17. The maximum atomic E-state index is 12.5. The molecule has 1 aromatic heterocycles. The monoisotopic (exact) mass is 379 g/mol. The van der Waals surface area contributed by atoms with Gasteiger partial charge in [-0.15, -0.1) is 0 Å². The lowest BCUT2D eigenvalue weighted by Gasteiger charge is -2.08. The van der Waals surface area contributed by atoms with E-state index in [1.807, 2.05) is 13.0 Å². The van der Waals surface area contributed by atoms with E-state index < -0.39 is 0 Å². The third-order valence-electron chi connectivity index (χ3n) is 4.75. The van der Waals surface area contributed by atoms with Crippen molar-refractivity contribution in [2.24, 2.45) is 0 Å². The van der Waals surface area contributed by atoms with Crippen LogP contribution in [0.3, 0.4) is 0 Å². The van der Waals surface area contributed by atoms with E-state index in [-0.39, 0.29) is 5.91 Å². The molecule has 27 heavy (non-hydrogen) atoms. The number of anilines is 1. The number of aryl methyl sites for hydroxylation is 1. The van der Waals surface area contributed by atoms with E-state index in [0.29, 0.717) is 12.1 Å². The first kappa shape index (κ1) is 17.5. The van der Waals surface area contributed by atoms with Gasteiger partial charge in [-0.1, -0.05) is 30.3 Å². The Morgan fingerprint density at radius 2 is 1.96 bits per heavy atom. The van der Waals surface area contributed by atoms with E-state index in [2.05, 4.69) is 51.4 Å². The Hall–Kier alpha value is -2.86. The summed E-state index contributed by atoms with van der Waals surface area (Å²) in [6, 6.07) is 14.6. The Morgan fingerprint density at radius 3 is 2.74 bits per heavy atom. The Balaban J connectivity index is 1.44. The van der Waals surface area contributed by atoms with Crippen LogP contribution in [0.25, 0.3) is 11.1 Å². The van der Waals surface area contributed by atoms with Crippen LogP contribution in [0.5, 0.6) is 5.75 Å². The van der Waals surface area contributed by atoms with Gasteiger partial charge in [-0.2, -0.15) is 4.37 Å². The summed E-state index contributed by atoms with van der Waals surface area (Å²) in [5, 5.41) is 6.80. The van der Waals surface area contributed by atoms with Crippen molar-refractivity contribution in [2.75, 3.05) is 19.0 Å². The van der Waals surface area contributed by atoms with Gasteiger partial charge in [-0.3, -0.25) is 4.79 Å². The van der Waals surface area contributed by atoms with Gasteiger partial charge in [0.1, 0.15) is 10.8 Å². The fourth-order valence-corrected chi connectivity index (χ4v) is 4.00. The zero-order valence-corrected chi connectivity index (χ0v) is 16.2. The number of rotatable bonds is 5. The van der Waals surface area contributed by atoms with Crippen LogP contribution < -0.4 is 15.4 Å². The number of carbonyl (C=O) groups is 1. The van der Waals surface area contributed by atoms with Crippen LogP contribution in [0, 0.1) is 6.92 Å². The summed E-state index contributed by atoms with van der Waals surface area (Å²) >= 11 is 1.30. The van der Waals surface area contributed by atoms with E-state index in [1.165, 1.54) is 22.7 Å². The van der Waals surface area contributed by atoms with E-state index in [9.17, 15) is 4.79 Å². The molecule has 2 aromatic carbocycles. The molecule has 1 aliphatic heterocycles. The molecule has 138 valence electrons. The molecular formula is C21H21N3O2S. The molecule has 0 atom stereocenters. The molecule has 0 unspecified atom stereocenters. The average molecular weight is 379 g/mol. The minimum Gasteiger partial charge on any atom is -0.493 e. The fourth-order valence-electron chi connectivity index (χ4n) is 3.26. The van der Waals surface area contributed by atoms with Gasteiger partial charge < -0.3 is 15.4 Å². The number of nitrogens with one attached hydrogen (secondary N) is 2. The summed E-state index contributed by atoms with van der Waals surface area (Å²) in [5.74, 6) is 0.894. The zero-order chi connectivity index (χ0) is 18.8. The molecule has 5 nitrogen and oxygen atoms in total. The quantitative estimate of drug-likeness (QED) is 0.703. The van der Waals surface area contributed by atoms with Crippen LogP contribution in [-0.2, 0) is 13.0 Å². The van der Waals surface area contributed by atoms with E-state index in [0.717, 1.165) is 40.6 Å². The minimum absolute atomic E-state index is 0.103. The van der Waals surface area contributed by atoms with Gasteiger partial charge in [0.15, 0.2) is 0 Å². The molecule has 2 heterocycles. The van der Waals surface area contributed by atoms with Crippen LogP contribution in [0.15, 0.2) is 42.5 Å². The van der Waals surface area contributed by atoms with E-state index in [4.69, 9.17) is 4.74 Å². The van der Waals surface area contributed by atoms with Crippen molar-refractivity contribution in [3.8, 4) is 16.9 Å². The van der Waals surface area contributed by atoms with Crippen molar-refractivity contribution in [2.45, 2.75) is 19.9 Å². The zero-order valence-electron chi connectivity index (χ0n) is 15.3. The van der Waals surface area contributed by atoms with Crippen molar-refractivity contribution in [3.63, 3.8) is 0 Å². The Morgan fingerprint density at radius 1 is 1.19 bits per heavy atom. The number of aromatic nitrogens is 1. The molecule has 1 amide bonds. The maximum Gasteiger partial charge on any atom is 0.256 e. The normalized spacial score (nSPS) is 12.4. The molecular weight excluding hydrogens is 358 g/mol. The number of hydrogen-bond acceptors (Lipinski definition) is 5. The van der Waals surface area contributed by atoms with Crippen molar-refractivity contribution < 1.29 is 9.53 Å². The fraction of sp³-hybridized carbons (Fsp3) is 0.238. The second-order valence-corrected chi connectivity index (χ2v) is 7.30. The molecule has 1 aliphatic rings. The Labute approximate surface area is 162 Å². The number of fused-ring (bicyclic) bond motifs is 1. The molecule has 0 saturated carbocycles. The van der Waals surface area contributed by atoms with Crippen molar-refractivity contribution >= 4 is 22.4 Å². The summed E-state index contributed by atoms with van der Waals surface area (Å²) in [4.78, 5) is 12.5. The smallest absolute Gasteiger partial charge is 0.256 e. The molecule has 3 aromatic rings. The molecule has 4 rings (SSSR count). The number of carbonyl (C=O) groups excluding carboxylic acids is 1. The molecule has 0 bridgehead atoms. The Kier molecular flexibility index (Phi) is 4.81. The number of ether oxygens (including phenoxy) is 1. The molecule has 0 spiro atoms. The molecule has 6 heteroatoms. The minimum atomic E-state index is -0.103. The highest BCUT2D eigenvalue weighted by molar-refractivity contribution is 7.10. The predicted molar refractivity (Wildman–Crippen MR) is 109 cm³/mol. The standard InChI is InChI=1S/C21H21N3O2S/c1-13-19(21(22-2)27-24-13)20(25)23-12-14-3-5-15(6-4-14)16-7-8-18-17(11-16)9-10-26-18/h3-8,11,22H,9-10,12H2,1-2H3,(H,23,25). The van der Waals surface area contributed by atoms with Crippen molar-refractivity contribution in [1.82, 2.24) is 9.69 Å². The highest BCUT2D eigenvalue weighted by atomic mass is 32.1. The molecule has 0 aliphatic carbocycles. The molecule has 0 fully saturated rings. The van der Waals surface area contributed by atoms with Gasteiger partial charge in [0.05, 0.1) is 17.9 Å². The third-order valence-corrected chi connectivity index (χ3v) is 5.70. The van der Waals surface area contributed by atoms with Gasteiger partial charge in [-0.25, -0.2) is 0 Å². The van der Waals surface area contributed by atoms with Crippen LogP contribution in [0.4, 0.5) is 5.00 Å². The van der Waals surface area contributed by atoms with Gasteiger partial charge in [0.25, 0.3) is 5.91 Å². The van der Waals surface area contributed by atoms with Gasteiger partial charge in [0.2, 0.25) is 0 Å². The lowest BCUT2D eigenvalue weighted by atomic mass is 10.0. The van der Waals surface area contributed by atoms with Gasteiger partial charge >= 0.3 is 0 Å². The largest absolute Gasteiger partial charge is 0.493 e. The van der Waals surface area contributed by atoms with E-state index >= 15 is 0 Å². The maximum absolute atomic E-state index is 12.5. The van der Waals surface area contributed by atoms with Crippen LogP contribution in [0.1, 0.15) is 27.2 Å². The molecule has 2 N–H and O–H groups in total. The number of nitrogens with zero attached hydrogens (tertiary/aromatic N) is 1. The molecule has 0 saturated heterocycles. The average Bonchev–Trinajstić information content (AvgIpc) is 3.32. The first-order valence-electron chi connectivity index (χ1n) is 8.93. The van der Waals surface area contributed by atoms with Gasteiger partial charge in [-0.05, 0) is 52.8 Å². The number of benzene rings is 2. The second kappa shape index (κ2) is 7.40. The summed E-state index contributed by atoms with van der Waals surface area (Å²) in [7, 11) is 1.80. The van der Waals surface area contributed by atoms with Crippen LogP contribution in [-0.4, -0.2) is 23.9 Å². The predicted octanol–water partition coefficient (Wildman–Crippen LogP) is 4.03. The lowest BCUT2D eigenvalue weighted by molar-refractivity contribution is 0.0951. The summed E-state index contributed by atoms with van der Waals surface area (Å²) in [6.07, 6.45) is 0.971. The summed E-state index contributed by atoms with van der Waals surface area (Å²) in [5.41, 5.74) is 6.05. The number of amides is 1. The Bertz CT molecular complexity index is 980. The third kappa shape index (κ3) is 3.53. The van der Waals surface area contributed by atoms with Gasteiger partial charge in [0, 0.05) is 20.0 Å². The second-order valence-electron chi connectivity index (χ2n) is 6.52. The van der Waals surface area contributed by atoms with Crippen molar-refractivity contribution in [3.05, 3.63) is 64.8 Å². The topological polar surface area (TPSA) is 63.2 Å². The van der Waals surface area contributed by atoms with Crippen LogP contribution in [0.2, 0.25) is 0 Å². The lowest BCUT2D eigenvalue weighted by Crippen LogP contribution is -2.23. The number of hydrogen-bond donors (Lipinski definition) is 2. The molecule has 0 radical (unpaired) electrons. The first-order chi connectivity index (χ1) is 13.2. The SMILES string of the molecule is CNc1snc(C)c1C(=O)NCc1ccc(-c2ccc3c(c2)CCO3)cc1. The first-order valence-corrected chi connectivity index (χ1v) is 9.70. The highest BCUT2D eigenvalue weighted by Crippen LogP contribution is 2.30. The summed E-state index contributed by atoms with van der Waals surface area (Å²) < 4.78 is 9.81. The van der Waals surface area contributed by atoms with Crippen molar-refractivity contribution in [1.29, 1.82) is 0 Å². The van der Waals surface area contributed by atoms with E-state index in [1.54, 1.807) is 7.05 Å². The van der Waals surface area contributed by atoms with Crippen LogP contribution >= 0.6 is 11.5 Å².